The van der Waals surface area contributed by atoms with Crippen LogP contribution in [-0.2, 0) is 33.3 Å². The Morgan fingerprint density at radius 3 is 1.93 bits per heavy atom. The summed E-state index contributed by atoms with van der Waals surface area (Å²) in [6.07, 6.45) is 1.81. The highest BCUT2D eigenvalue weighted by atomic mass is 127. The zero-order valence-corrected chi connectivity index (χ0v) is 17.1. The first-order chi connectivity index (χ1) is 12.9. The maximum atomic E-state index is 11.0. The molecule has 9 nitrogen and oxygen atoms in total. The molecular formula is C17H25IO9. The monoisotopic (exact) mass is 500 g/mol. The van der Waals surface area contributed by atoms with Gasteiger partial charge in [-0.25, -0.2) is 14.4 Å². The summed E-state index contributed by atoms with van der Waals surface area (Å²) in [6.45, 7) is 7.19. The molecule has 0 aromatic rings. The van der Waals surface area contributed by atoms with Gasteiger partial charge in [0.15, 0.2) is 6.10 Å². The van der Waals surface area contributed by atoms with Crippen LogP contribution in [0.1, 0.15) is 12.8 Å². The van der Waals surface area contributed by atoms with E-state index < -0.39 is 28.1 Å². The fourth-order valence-corrected chi connectivity index (χ4v) is 1.97. The van der Waals surface area contributed by atoms with Crippen molar-refractivity contribution in [1.82, 2.24) is 0 Å². The maximum absolute atomic E-state index is 11.0. The molecular weight excluding hydrogens is 475 g/mol. The number of ether oxygens (including phenoxy) is 5. The second-order valence-corrected chi connectivity index (χ2v) is 6.04. The van der Waals surface area contributed by atoms with E-state index in [1.807, 2.05) is 0 Å². The summed E-state index contributed by atoms with van der Waals surface area (Å²) >= 11 is 1.48. The van der Waals surface area contributed by atoms with Gasteiger partial charge in [0, 0.05) is 25.4 Å². The zero-order valence-electron chi connectivity index (χ0n) is 15.0. The molecule has 0 rings (SSSR count). The summed E-state index contributed by atoms with van der Waals surface area (Å²) in [5.74, 6) is -1.21. The maximum Gasteiger partial charge on any atom is 0.367 e. The van der Waals surface area contributed by atoms with Gasteiger partial charge in [0.25, 0.3) is 0 Å². The van der Waals surface area contributed by atoms with Gasteiger partial charge >= 0.3 is 15.9 Å². The van der Waals surface area contributed by atoms with Crippen molar-refractivity contribution in [2.45, 2.75) is 25.0 Å². The van der Waals surface area contributed by atoms with Gasteiger partial charge < -0.3 is 28.8 Å². The number of unbranched alkanes of at least 4 members (excludes halogenated alkanes) is 1. The molecule has 0 aliphatic carbocycles. The highest BCUT2D eigenvalue weighted by Crippen LogP contribution is 2.03. The molecule has 0 radical (unpaired) electrons. The van der Waals surface area contributed by atoms with Crippen molar-refractivity contribution >= 4 is 38.5 Å². The molecule has 0 aromatic carbocycles. The van der Waals surface area contributed by atoms with Crippen LogP contribution in [0.15, 0.2) is 25.3 Å². The van der Waals surface area contributed by atoms with Gasteiger partial charge in [-0.05, 0) is 12.8 Å². The average molecular weight is 500 g/mol. The third-order valence-corrected chi connectivity index (χ3v) is 3.12. The lowest BCUT2D eigenvalue weighted by molar-refractivity contribution is -0.142. The van der Waals surface area contributed by atoms with Gasteiger partial charge in [-0.3, -0.25) is 0 Å². The van der Waals surface area contributed by atoms with E-state index in [2.05, 4.69) is 17.9 Å². The van der Waals surface area contributed by atoms with Crippen LogP contribution in [0.5, 0.6) is 0 Å². The molecule has 2 atom stereocenters. The predicted molar refractivity (Wildman–Crippen MR) is 103 cm³/mol. The lowest BCUT2D eigenvalue weighted by Gasteiger charge is -2.16. The van der Waals surface area contributed by atoms with Crippen LogP contribution in [0.2, 0.25) is 0 Å². The van der Waals surface area contributed by atoms with Crippen molar-refractivity contribution in [3.05, 3.63) is 25.3 Å². The van der Waals surface area contributed by atoms with E-state index in [0.717, 1.165) is 12.2 Å². The van der Waals surface area contributed by atoms with Crippen molar-refractivity contribution in [2.24, 2.45) is 0 Å². The molecule has 0 bridgehead atoms. The molecule has 0 spiro atoms. The van der Waals surface area contributed by atoms with Crippen LogP contribution in [0.4, 0.5) is 4.79 Å². The number of carbonyl (C=O) groups excluding carboxylic acids is 3. The van der Waals surface area contributed by atoms with Gasteiger partial charge in [0.2, 0.25) is 0 Å². The van der Waals surface area contributed by atoms with Crippen LogP contribution in [0, 0.1) is 0 Å². The molecule has 0 amide bonds. The van der Waals surface area contributed by atoms with Crippen LogP contribution in [-0.4, -0.2) is 72.9 Å². The Morgan fingerprint density at radius 1 is 0.889 bits per heavy atom. The Hall–Kier alpha value is -1.50. The molecule has 1 N–H and O–H groups in total. The van der Waals surface area contributed by atoms with Crippen LogP contribution in [0.3, 0.4) is 0 Å². The summed E-state index contributed by atoms with van der Waals surface area (Å²) in [6, 6.07) is 0. The Labute approximate surface area is 171 Å². The minimum Gasteiger partial charge on any atom is -0.460 e. The normalized spacial score (nSPS) is 12.5. The number of aliphatic hydroxyl groups excluding tert-OH is 1. The van der Waals surface area contributed by atoms with Crippen molar-refractivity contribution in [2.75, 3.05) is 39.6 Å². The number of esters is 2. The number of hydrogen-bond donors (Lipinski definition) is 1. The molecule has 0 heterocycles. The van der Waals surface area contributed by atoms with Crippen molar-refractivity contribution in [3.63, 3.8) is 0 Å². The van der Waals surface area contributed by atoms with Crippen LogP contribution >= 0.6 is 22.6 Å². The lowest BCUT2D eigenvalue weighted by atomic mass is 10.3. The number of hydrogen-bond acceptors (Lipinski definition) is 9. The van der Waals surface area contributed by atoms with Gasteiger partial charge in [-0.15, -0.1) is 0 Å². The highest BCUT2D eigenvalue weighted by Gasteiger charge is 2.15. The van der Waals surface area contributed by atoms with Gasteiger partial charge in [0.1, 0.15) is 19.3 Å². The van der Waals surface area contributed by atoms with Crippen molar-refractivity contribution < 1.29 is 43.2 Å². The van der Waals surface area contributed by atoms with E-state index in [9.17, 15) is 19.5 Å². The number of carbonyl (C=O) groups is 3. The minimum atomic E-state index is -0.896. The van der Waals surface area contributed by atoms with Crippen LogP contribution in [0.25, 0.3) is 0 Å². The Bertz CT molecular complexity index is 481. The second-order valence-electron chi connectivity index (χ2n) is 5.16. The van der Waals surface area contributed by atoms with Gasteiger partial charge in [-0.2, -0.15) is 0 Å². The SMILES string of the molecule is C=CC(=O)OCC(O)COCCCCOCC(COC(=O)C=C)OC(=O)I. The fourth-order valence-electron chi connectivity index (χ4n) is 1.61. The second kappa shape index (κ2) is 16.7. The predicted octanol–water partition coefficient (Wildman–Crippen LogP) is 1.56. The summed E-state index contributed by atoms with van der Waals surface area (Å²) < 4.78 is 24.6. The number of aliphatic hydroxyl groups is 1. The van der Waals surface area contributed by atoms with E-state index in [1.165, 1.54) is 22.6 Å². The summed E-state index contributed by atoms with van der Waals surface area (Å²) in [7, 11) is 0. The van der Waals surface area contributed by atoms with E-state index in [1.54, 1.807) is 0 Å². The third-order valence-electron chi connectivity index (χ3n) is 2.86. The first-order valence-corrected chi connectivity index (χ1v) is 9.25. The zero-order chi connectivity index (χ0) is 20.5. The molecule has 0 fully saturated rings. The number of rotatable bonds is 16. The third kappa shape index (κ3) is 16.4. The first-order valence-electron chi connectivity index (χ1n) is 8.17. The summed E-state index contributed by atoms with van der Waals surface area (Å²) in [4.78, 5) is 32.9. The van der Waals surface area contributed by atoms with E-state index in [0.29, 0.717) is 26.1 Å². The Balaban J connectivity index is 3.72. The smallest absolute Gasteiger partial charge is 0.367 e. The van der Waals surface area contributed by atoms with Crippen LogP contribution < -0.4 is 0 Å². The molecule has 0 aromatic heterocycles. The summed E-state index contributed by atoms with van der Waals surface area (Å²) in [5.41, 5.74) is 0. The van der Waals surface area contributed by atoms with Gasteiger partial charge in [-0.1, -0.05) is 13.2 Å². The van der Waals surface area contributed by atoms with Gasteiger partial charge in [0.05, 0.1) is 35.8 Å². The largest absolute Gasteiger partial charge is 0.460 e. The molecule has 0 saturated carbocycles. The quantitative estimate of drug-likeness (QED) is 0.0842. The highest BCUT2D eigenvalue weighted by molar-refractivity contribution is 14.1. The minimum absolute atomic E-state index is 0.0492. The molecule has 0 saturated heterocycles. The molecule has 27 heavy (non-hydrogen) atoms. The molecule has 0 aliphatic rings. The first kappa shape index (κ1) is 25.5. The Kier molecular flexibility index (Phi) is 15.7. The van der Waals surface area contributed by atoms with E-state index in [-0.39, 0.29) is 26.4 Å². The molecule has 0 aliphatic heterocycles. The average Bonchev–Trinajstić information content (AvgIpc) is 2.64. The number of halogens is 1. The molecule has 10 heteroatoms. The standard InChI is InChI=1S/C17H25IO9/c1-3-15(20)25-10-13(19)9-23-7-5-6-8-24-11-14(27-17(18)22)12-26-16(21)4-2/h3-4,13-14,19H,1-2,5-12H2. The van der Waals surface area contributed by atoms with Crippen molar-refractivity contribution in [3.8, 4) is 0 Å². The fraction of sp³-hybridized carbons (Fsp3) is 0.588. The van der Waals surface area contributed by atoms with E-state index >= 15 is 0 Å². The van der Waals surface area contributed by atoms with E-state index in [4.69, 9.17) is 18.9 Å². The molecule has 154 valence electrons. The topological polar surface area (TPSA) is 118 Å². The van der Waals surface area contributed by atoms with Crippen molar-refractivity contribution in [1.29, 1.82) is 0 Å². The summed E-state index contributed by atoms with van der Waals surface area (Å²) in [5, 5.41) is 9.53. The Morgan fingerprint density at radius 2 is 1.41 bits per heavy atom. The molecule has 2 unspecified atom stereocenters. The lowest BCUT2D eigenvalue weighted by Crippen LogP contribution is -2.28.